The minimum absolute atomic E-state index is 0.0601. The number of para-hydroxylation sites is 1. The first-order valence-electron chi connectivity index (χ1n) is 15.1. The molecule has 2 bridgehead atoms. The number of nitrogens with one attached hydrogen (secondary N) is 1. The second-order valence-electron chi connectivity index (χ2n) is 12.7. The Labute approximate surface area is 253 Å². The molecular formula is C31H30F6N6O2. The molecule has 2 aromatic heterocycles. The molecule has 4 saturated heterocycles. The van der Waals surface area contributed by atoms with Crippen LogP contribution in [0.4, 0.5) is 38.0 Å². The van der Waals surface area contributed by atoms with Crippen molar-refractivity contribution in [1.82, 2.24) is 20.2 Å². The zero-order valence-electron chi connectivity index (χ0n) is 24.1. The third-order valence-corrected chi connectivity index (χ3v) is 9.89. The molecule has 4 aliphatic rings. The van der Waals surface area contributed by atoms with Crippen molar-refractivity contribution in [3.8, 4) is 17.1 Å². The fraction of sp³-hybridized carbons (Fsp3) is 0.484. The number of anilines is 2. The average Bonchev–Trinajstić information content (AvgIpc) is 3.72. The van der Waals surface area contributed by atoms with E-state index in [9.17, 15) is 22.0 Å². The molecule has 2 aromatic carbocycles. The van der Waals surface area contributed by atoms with E-state index in [-0.39, 0.29) is 64.4 Å². The standard InChI is InChI=1S/C31H30F6N6O2/c32-15-10-30(7-2-8-43(30)11-15)14-44-29-40-25-20(28(41-29)42-12-16-5-6-17(13-42)39-16)9-21(31(35,36)37)22(24(25)34)18-3-1-4-19-23(33)27(38)45-26(18)19/h1,3-4,9,15-17,39H,2,5-8,10-14,38H2/t15-,16?,17?,30+/m1/s1. The van der Waals surface area contributed by atoms with E-state index in [1.165, 1.54) is 18.2 Å². The summed E-state index contributed by atoms with van der Waals surface area (Å²) < 4.78 is 101. The largest absolute Gasteiger partial charge is 0.461 e. The number of halogens is 6. The molecule has 4 aromatic rings. The minimum Gasteiger partial charge on any atom is -0.461 e. The summed E-state index contributed by atoms with van der Waals surface area (Å²) in [5.74, 6) is -2.72. The van der Waals surface area contributed by atoms with Crippen LogP contribution in [0.25, 0.3) is 33.0 Å². The van der Waals surface area contributed by atoms with E-state index in [0.717, 1.165) is 38.3 Å². The van der Waals surface area contributed by atoms with Crippen LogP contribution in [0.15, 0.2) is 28.7 Å². The van der Waals surface area contributed by atoms with Crippen molar-refractivity contribution < 1.29 is 35.5 Å². The first kappa shape index (κ1) is 28.7. The summed E-state index contributed by atoms with van der Waals surface area (Å²) in [6.07, 6.45) is -2.32. The van der Waals surface area contributed by atoms with Gasteiger partial charge in [-0.05, 0) is 44.4 Å². The number of nitrogens with two attached hydrogens (primary N) is 1. The highest BCUT2D eigenvalue weighted by molar-refractivity contribution is 6.00. The van der Waals surface area contributed by atoms with Gasteiger partial charge in [0.15, 0.2) is 11.6 Å². The molecule has 0 amide bonds. The van der Waals surface area contributed by atoms with Crippen LogP contribution in [0.5, 0.6) is 6.01 Å². The zero-order chi connectivity index (χ0) is 31.2. The Hall–Kier alpha value is -3.78. The summed E-state index contributed by atoms with van der Waals surface area (Å²) in [7, 11) is 0. The van der Waals surface area contributed by atoms with E-state index in [1.54, 1.807) is 0 Å². The Morgan fingerprint density at radius 2 is 1.84 bits per heavy atom. The monoisotopic (exact) mass is 632 g/mol. The Bertz CT molecular complexity index is 1820. The second kappa shape index (κ2) is 10.1. The fourth-order valence-electron chi connectivity index (χ4n) is 7.91. The maximum Gasteiger partial charge on any atom is 0.417 e. The third kappa shape index (κ3) is 4.58. The van der Waals surface area contributed by atoms with Gasteiger partial charge >= 0.3 is 12.2 Å². The molecule has 3 N–H and O–H groups in total. The molecule has 0 saturated carbocycles. The summed E-state index contributed by atoms with van der Waals surface area (Å²) >= 11 is 0. The summed E-state index contributed by atoms with van der Waals surface area (Å²) in [5, 5.41) is 3.18. The van der Waals surface area contributed by atoms with Gasteiger partial charge in [-0.3, -0.25) is 4.90 Å². The van der Waals surface area contributed by atoms with E-state index in [1.807, 2.05) is 4.90 Å². The van der Waals surface area contributed by atoms with Crippen LogP contribution in [0.1, 0.15) is 37.7 Å². The summed E-state index contributed by atoms with van der Waals surface area (Å²) in [4.78, 5) is 12.8. The van der Waals surface area contributed by atoms with Gasteiger partial charge in [0.05, 0.1) is 16.5 Å². The van der Waals surface area contributed by atoms with Gasteiger partial charge < -0.3 is 25.1 Å². The Kier molecular flexibility index (Phi) is 6.44. The highest BCUT2D eigenvalue weighted by Crippen LogP contribution is 2.47. The molecule has 8 nitrogen and oxygen atoms in total. The number of fused-ring (bicyclic) bond motifs is 5. The smallest absolute Gasteiger partial charge is 0.417 e. The van der Waals surface area contributed by atoms with E-state index in [2.05, 4.69) is 20.2 Å². The molecule has 14 heteroatoms. The molecule has 45 heavy (non-hydrogen) atoms. The lowest BCUT2D eigenvalue weighted by atomic mass is 9.94. The Balaban J connectivity index is 1.32. The third-order valence-electron chi connectivity index (χ3n) is 9.89. The quantitative estimate of drug-likeness (QED) is 0.266. The molecule has 238 valence electrons. The number of piperazine rings is 1. The van der Waals surface area contributed by atoms with Crippen molar-refractivity contribution in [2.24, 2.45) is 0 Å². The number of hydrogen-bond donors (Lipinski definition) is 2. The van der Waals surface area contributed by atoms with Gasteiger partial charge in [-0.1, -0.05) is 12.1 Å². The van der Waals surface area contributed by atoms with Gasteiger partial charge in [-0.2, -0.15) is 23.1 Å². The van der Waals surface area contributed by atoms with Crippen molar-refractivity contribution in [3.05, 3.63) is 41.5 Å². The van der Waals surface area contributed by atoms with Crippen LogP contribution in [0, 0.1) is 11.6 Å². The Morgan fingerprint density at radius 1 is 1.07 bits per heavy atom. The molecule has 0 aliphatic carbocycles. The molecule has 6 heterocycles. The van der Waals surface area contributed by atoms with Crippen LogP contribution in [-0.4, -0.2) is 71.4 Å². The first-order valence-corrected chi connectivity index (χ1v) is 15.1. The summed E-state index contributed by atoms with van der Waals surface area (Å²) in [6.45, 7) is 2.01. The number of alkyl halides is 4. The summed E-state index contributed by atoms with van der Waals surface area (Å²) in [5.41, 5.74) is 1.91. The van der Waals surface area contributed by atoms with Crippen molar-refractivity contribution in [2.45, 2.75) is 62.1 Å². The van der Waals surface area contributed by atoms with Crippen molar-refractivity contribution in [2.75, 3.05) is 43.4 Å². The topological polar surface area (TPSA) is 92.7 Å². The fourth-order valence-corrected chi connectivity index (χ4v) is 7.91. The van der Waals surface area contributed by atoms with Crippen LogP contribution in [-0.2, 0) is 6.18 Å². The minimum atomic E-state index is -5.01. The first-order chi connectivity index (χ1) is 21.5. The van der Waals surface area contributed by atoms with Gasteiger partial charge in [0.2, 0.25) is 5.88 Å². The molecule has 2 unspecified atom stereocenters. The van der Waals surface area contributed by atoms with Crippen molar-refractivity contribution >= 4 is 33.6 Å². The Morgan fingerprint density at radius 3 is 2.60 bits per heavy atom. The SMILES string of the molecule is Nc1oc2c(-c3c(C(F)(F)F)cc4c(N5CC6CCC(C5)N6)nc(OC[C@@]56CCCN5C[C@H](F)C6)nc4c3F)cccc2c1F. The van der Waals surface area contributed by atoms with E-state index in [0.29, 0.717) is 19.6 Å². The summed E-state index contributed by atoms with van der Waals surface area (Å²) in [6, 6.07) is 4.67. The van der Waals surface area contributed by atoms with Gasteiger partial charge in [-0.25, -0.2) is 13.2 Å². The maximum absolute atomic E-state index is 16.8. The number of nitrogens with zero attached hydrogens (tertiary/aromatic N) is 4. The highest BCUT2D eigenvalue weighted by atomic mass is 19.4. The van der Waals surface area contributed by atoms with Crippen LogP contribution in [0.3, 0.4) is 0 Å². The maximum atomic E-state index is 16.8. The normalized spacial score (nSPS) is 26.8. The number of nitrogen functional groups attached to an aromatic ring is 1. The van der Waals surface area contributed by atoms with E-state index >= 15 is 4.39 Å². The highest BCUT2D eigenvalue weighted by Gasteiger charge is 2.49. The number of ether oxygens (including phenoxy) is 1. The van der Waals surface area contributed by atoms with Gasteiger partial charge in [-0.15, -0.1) is 0 Å². The number of aromatic nitrogens is 2. The van der Waals surface area contributed by atoms with Crippen molar-refractivity contribution in [3.63, 3.8) is 0 Å². The van der Waals surface area contributed by atoms with Crippen LogP contribution in [0.2, 0.25) is 0 Å². The van der Waals surface area contributed by atoms with Gasteiger partial charge in [0.1, 0.15) is 29.7 Å². The van der Waals surface area contributed by atoms with Gasteiger partial charge in [0, 0.05) is 54.7 Å². The average molecular weight is 633 g/mol. The van der Waals surface area contributed by atoms with Crippen LogP contribution >= 0.6 is 0 Å². The molecular weight excluding hydrogens is 602 g/mol. The van der Waals surface area contributed by atoms with Crippen LogP contribution < -0.4 is 20.7 Å². The number of benzene rings is 2. The molecule has 0 radical (unpaired) electrons. The molecule has 4 fully saturated rings. The van der Waals surface area contributed by atoms with Gasteiger partial charge in [0.25, 0.3) is 0 Å². The lowest BCUT2D eigenvalue weighted by molar-refractivity contribution is -0.137. The predicted octanol–water partition coefficient (Wildman–Crippen LogP) is 5.82. The predicted molar refractivity (Wildman–Crippen MR) is 155 cm³/mol. The molecule has 0 spiro atoms. The zero-order valence-corrected chi connectivity index (χ0v) is 24.1. The number of furan rings is 1. The molecule has 4 atom stereocenters. The lowest BCUT2D eigenvalue weighted by Crippen LogP contribution is -2.51. The van der Waals surface area contributed by atoms with Crippen molar-refractivity contribution in [1.29, 1.82) is 0 Å². The second-order valence-corrected chi connectivity index (χ2v) is 12.7. The molecule has 8 rings (SSSR count). The number of hydrogen-bond acceptors (Lipinski definition) is 8. The molecule has 4 aliphatic heterocycles. The van der Waals surface area contributed by atoms with E-state index in [4.69, 9.17) is 14.9 Å². The van der Waals surface area contributed by atoms with E-state index < -0.39 is 46.5 Å². The lowest BCUT2D eigenvalue weighted by Gasteiger charge is -2.35. The number of rotatable bonds is 5.